The van der Waals surface area contributed by atoms with Gasteiger partial charge in [0.1, 0.15) is 0 Å². The summed E-state index contributed by atoms with van der Waals surface area (Å²) >= 11 is 0. The Kier molecular flexibility index (Phi) is 4.45. The zero-order chi connectivity index (χ0) is 14.8. The molecule has 2 unspecified atom stereocenters. The summed E-state index contributed by atoms with van der Waals surface area (Å²) in [4.78, 5) is 0. The van der Waals surface area contributed by atoms with Crippen LogP contribution < -0.4 is 5.32 Å². The molecule has 2 nitrogen and oxygen atoms in total. The third kappa shape index (κ3) is 3.01. The van der Waals surface area contributed by atoms with Crippen molar-refractivity contribution < 1.29 is 13.5 Å². The fraction of sp³-hybridized carbons (Fsp3) is 0.625. The predicted molar refractivity (Wildman–Crippen MR) is 75.9 cm³/mol. The molecule has 112 valence electrons. The average Bonchev–Trinajstić information content (AvgIpc) is 2.43. The lowest BCUT2D eigenvalue weighted by Crippen LogP contribution is -2.62. The van der Waals surface area contributed by atoms with Crippen LogP contribution in [0.25, 0.3) is 0 Å². The van der Waals surface area contributed by atoms with Crippen LogP contribution in [-0.2, 0) is 10.7 Å². The fourth-order valence-corrected chi connectivity index (χ4v) is 2.75. The highest BCUT2D eigenvalue weighted by Crippen LogP contribution is 2.43. The molecular formula is C16H23F2NO. The molecule has 20 heavy (non-hydrogen) atoms. The summed E-state index contributed by atoms with van der Waals surface area (Å²) in [5.74, 6) is -2.84. The van der Waals surface area contributed by atoms with Gasteiger partial charge in [0.25, 0.3) is 5.92 Å². The molecule has 1 aliphatic rings. The molecule has 0 aromatic heterocycles. The SMILES string of the molecule is CCOC1CC(NCC(F)(F)c2ccccc2)C1(C)C. The lowest BCUT2D eigenvalue weighted by molar-refractivity contribution is -0.121. The van der Waals surface area contributed by atoms with Crippen molar-refractivity contribution in [1.29, 1.82) is 0 Å². The third-order valence-corrected chi connectivity index (χ3v) is 4.31. The minimum absolute atomic E-state index is 0.0611. The molecule has 1 fully saturated rings. The Bertz CT molecular complexity index is 433. The summed E-state index contributed by atoms with van der Waals surface area (Å²) in [6.07, 6.45) is 0.960. The minimum atomic E-state index is -2.84. The molecule has 1 aromatic carbocycles. The van der Waals surface area contributed by atoms with Gasteiger partial charge in [0.2, 0.25) is 0 Å². The highest BCUT2D eigenvalue weighted by atomic mass is 19.3. The van der Waals surface area contributed by atoms with Gasteiger partial charge < -0.3 is 10.1 Å². The van der Waals surface area contributed by atoms with Gasteiger partial charge in [-0.3, -0.25) is 0 Å². The quantitative estimate of drug-likeness (QED) is 0.861. The molecular weight excluding hydrogens is 260 g/mol. The fourth-order valence-electron chi connectivity index (χ4n) is 2.75. The predicted octanol–water partition coefficient (Wildman–Crippen LogP) is 3.57. The van der Waals surface area contributed by atoms with Gasteiger partial charge in [0.15, 0.2) is 0 Å². The lowest BCUT2D eigenvalue weighted by atomic mass is 9.64. The van der Waals surface area contributed by atoms with E-state index in [9.17, 15) is 8.78 Å². The van der Waals surface area contributed by atoms with Crippen molar-refractivity contribution in [2.75, 3.05) is 13.2 Å². The van der Waals surface area contributed by atoms with E-state index in [0.717, 1.165) is 6.42 Å². The molecule has 0 heterocycles. The summed E-state index contributed by atoms with van der Waals surface area (Å²) in [7, 11) is 0. The van der Waals surface area contributed by atoms with E-state index in [4.69, 9.17) is 4.74 Å². The van der Waals surface area contributed by atoms with Gasteiger partial charge in [-0.15, -0.1) is 0 Å². The molecule has 0 radical (unpaired) electrons. The highest BCUT2D eigenvalue weighted by molar-refractivity contribution is 5.20. The zero-order valence-corrected chi connectivity index (χ0v) is 12.3. The topological polar surface area (TPSA) is 21.3 Å². The lowest BCUT2D eigenvalue weighted by Gasteiger charge is -2.52. The Morgan fingerprint density at radius 1 is 1.30 bits per heavy atom. The van der Waals surface area contributed by atoms with Crippen LogP contribution in [0, 0.1) is 5.41 Å². The van der Waals surface area contributed by atoms with Crippen LogP contribution in [0.5, 0.6) is 0 Å². The second kappa shape index (κ2) is 5.78. The van der Waals surface area contributed by atoms with Crippen LogP contribution in [0.1, 0.15) is 32.8 Å². The van der Waals surface area contributed by atoms with E-state index in [2.05, 4.69) is 19.2 Å². The molecule has 1 saturated carbocycles. The average molecular weight is 283 g/mol. The molecule has 0 saturated heterocycles. The Labute approximate surface area is 119 Å². The molecule has 4 heteroatoms. The summed E-state index contributed by atoms with van der Waals surface area (Å²) in [5.41, 5.74) is -0.0334. The van der Waals surface area contributed by atoms with Crippen molar-refractivity contribution in [3.05, 3.63) is 35.9 Å². The number of hydrogen-bond acceptors (Lipinski definition) is 2. The second-order valence-electron chi connectivity index (χ2n) is 6.01. The summed E-state index contributed by atoms with van der Waals surface area (Å²) in [6.45, 7) is 6.43. The van der Waals surface area contributed by atoms with E-state index in [1.807, 2.05) is 6.92 Å². The summed E-state index contributed by atoms with van der Waals surface area (Å²) in [6, 6.07) is 8.04. The molecule has 0 bridgehead atoms. The zero-order valence-electron chi connectivity index (χ0n) is 12.3. The van der Waals surface area contributed by atoms with Crippen molar-refractivity contribution in [2.45, 2.75) is 45.3 Å². The van der Waals surface area contributed by atoms with E-state index in [-0.39, 0.29) is 29.7 Å². The largest absolute Gasteiger partial charge is 0.378 e. The third-order valence-electron chi connectivity index (χ3n) is 4.31. The first kappa shape index (κ1) is 15.4. The van der Waals surface area contributed by atoms with Crippen LogP contribution in [-0.4, -0.2) is 25.3 Å². The highest BCUT2D eigenvalue weighted by Gasteiger charge is 2.49. The van der Waals surface area contributed by atoms with Gasteiger partial charge in [-0.25, -0.2) is 0 Å². The standard InChI is InChI=1S/C16H23F2NO/c1-4-20-14-10-13(15(14,2)3)19-11-16(17,18)12-8-6-5-7-9-12/h5-9,13-14,19H,4,10-11H2,1-3H3. The monoisotopic (exact) mass is 283 g/mol. The van der Waals surface area contributed by atoms with Crippen molar-refractivity contribution in [3.8, 4) is 0 Å². The van der Waals surface area contributed by atoms with Gasteiger partial charge in [0.05, 0.1) is 12.6 Å². The first-order chi connectivity index (χ1) is 9.38. The summed E-state index contributed by atoms with van der Waals surface area (Å²) < 4.78 is 33.8. The van der Waals surface area contributed by atoms with Crippen molar-refractivity contribution in [2.24, 2.45) is 5.41 Å². The first-order valence-corrected chi connectivity index (χ1v) is 7.16. The molecule has 2 atom stereocenters. The molecule has 0 amide bonds. The molecule has 1 aliphatic carbocycles. The van der Waals surface area contributed by atoms with Gasteiger partial charge >= 0.3 is 0 Å². The van der Waals surface area contributed by atoms with Gasteiger partial charge in [-0.05, 0) is 13.3 Å². The van der Waals surface area contributed by atoms with E-state index in [1.165, 1.54) is 12.1 Å². The number of nitrogens with one attached hydrogen (secondary N) is 1. The number of ether oxygens (including phenoxy) is 1. The van der Waals surface area contributed by atoms with E-state index in [0.29, 0.717) is 6.61 Å². The Morgan fingerprint density at radius 3 is 2.50 bits per heavy atom. The van der Waals surface area contributed by atoms with Gasteiger partial charge in [-0.2, -0.15) is 8.78 Å². The molecule has 1 aromatic rings. The summed E-state index contributed by atoms with van der Waals surface area (Å²) in [5, 5.41) is 3.01. The van der Waals surface area contributed by atoms with Crippen LogP contribution in [0.15, 0.2) is 30.3 Å². The van der Waals surface area contributed by atoms with Crippen LogP contribution >= 0.6 is 0 Å². The van der Waals surface area contributed by atoms with Gasteiger partial charge in [-0.1, -0.05) is 44.2 Å². The maximum Gasteiger partial charge on any atom is 0.285 e. The first-order valence-electron chi connectivity index (χ1n) is 7.16. The number of halogens is 2. The molecule has 0 spiro atoms. The normalized spacial score (nSPS) is 25.2. The maximum atomic E-state index is 14.1. The minimum Gasteiger partial charge on any atom is -0.378 e. The number of hydrogen-bond donors (Lipinski definition) is 1. The number of alkyl halides is 2. The molecule has 2 rings (SSSR count). The van der Waals surface area contributed by atoms with Crippen molar-refractivity contribution in [3.63, 3.8) is 0 Å². The Morgan fingerprint density at radius 2 is 1.95 bits per heavy atom. The molecule has 1 N–H and O–H groups in total. The smallest absolute Gasteiger partial charge is 0.285 e. The van der Waals surface area contributed by atoms with Crippen molar-refractivity contribution in [1.82, 2.24) is 5.32 Å². The Balaban J connectivity index is 1.90. The molecule has 0 aliphatic heterocycles. The van der Waals surface area contributed by atoms with E-state index in [1.54, 1.807) is 18.2 Å². The van der Waals surface area contributed by atoms with Crippen molar-refractivity contribution >= 4 is 0 Å². The number of benzene rings is 1. The maximum absolute atomic E-state index is 14.1. The van der Waals surface area contributed by atoms with Crippen LogP contribution in [0.3, 0.4) is 0 Å². The Hall–Kier alpha value is -1.00. The van der Waals surface area contributed by atoms with Crippen LogP contribution in [0.2, 0.25) is 0 Å². The van der Waals surface area contributed by atoms with Gasteiger partial charge in [0, 0.05) is 23.6 Å². The van der Waals surface area contributed by atoms with Crippen LogP contribution in [0.4, 0.5) is 8.78 Å². The van der Waals surface area contributed by atoms with E-state index < -0.39 is 5.92 Å². The number of rotatable bonds is 6. The van der Waals surface area contributed by atoms with E-state index >= 15 is 0 Å². The second-order valence-corrected chi connectivity index (χ2v) is 6.01.